The van der Waals surface area contributed by atoms with Crippen molar-refractivity contribution in [3.8, 4) is 11.5 Å². The average molecular weight is 524 g/mol. The molecule has 0 spiro atoms. The number of nitrogens with zero attached hydrogens (tertiary/aromatic N) is 2. The van der Waals surface area contributed by atoms with E-state index in [1.165, 1.54) is 42.7 Å². The van der Waals surface area contributed by atoms with Crippen molar-refractivity contribution in [3.05, 3.63) is 98.4 Å². The van der Waals surface area contributed by atoms with Crippen molar-refractivity contribution in [3.63, 3.8) is 0 Å². The molecule has 1 unspecified atom stereocenters. The number of carbonyl (C=O) groups is 2. The molecule has 0 bridgehead atoms. The van der Waals surface area contributed by atoms with Crippen LogP contribution in [0, 0.1) is 10.1 Å². The molecule has 4 rings (SSSR count). The second-order valence-electron chi connectivity index (χ2n) is 7.42. The third-order valence-electron chi connectivity index (χ3n) is 4.93. The molecule has 11 heteroatoms. The Labute approximate surface area is 214 Å². The summed E-state index contributed by atoms with van der Waals surface area (Å²) in [6, 6.07) is 19.7. The Kier molecular flexibility index (Phi) is 7.57. The summed E-state index contributed by atoms with van der Waals surface area (Å²) < 4.78 is 11.7. The van der Waals surface area contributed by atoms with E-state index in [1.807, 2.05) is 24.3 Å². The van der Waals surface area contributed by atoms with Crippen LogP contribution >= 0.6 is 22.9 Å². The number of fused-ring (bicyclic) bond motifs is 1. The van der Waals surface area contributed by atoms with Gasteiger partial charge in [-0.25, -0.2) is 10.2 Å². The molecule has 9 nitrogen and oxygen atoms in total. The highest BCUT2D eigenvalue weighted by Crippen LogP contribution is 2.35. The Morgan fingerprint density at radius 3 is 2.50 bits per heavy atom. The van der Waals surface area contributed by atoms with Crippen LogP contribution in [0.4, 0.5) is 5.69 Å². The van der Waals surface area contributed by atoms with Gasteiger partial charge in [0.15, 0.2) is 11.9 Å². The van der Waals surface area contributed by atoms with Crippen LogP contribution in [0.2, 0.25) is 5.02 Å². The maximum atomic E-state index is 12.6. The SMILES string of the molecule is CC(Oc1ccccc1[N+](=O)[O-])C(=O)NN=Cc1ccc(OC(=O)c2sc3ccccc3c2Cl)cc1. The molecule has 36 heavy (non-hydrogen) atoms. The molecule has 0 aliphatic rings. The third kappa shape index (κ3) is 5.68. The molecule has 182 valence electrons. The minimum Gasteiger partial charge on any atom is -0.474 e. The second kappa shape index (κ2) is 11.0. The number of para-hydroxylation sites is 2. The topological polar surface area (TPSA) is 120 Å². The number of rotatable bonds is 8. The van der Waals surface area contributed by atoms with E-state index in [0.717, 1.165) is 10.1 Å². The van der Waals surface area contributed by atoms with Crippen molar-refractivity contribution in [1.82, 2.24) is 5.43 Å². The summed E-state index contributed by atoms with van der Waals surface area (Å²) in [6.07, 6.45) is 0.370. The molecule has 1 amide bonds. The molecule has 1 aromatic heterocycles. The Bertz CT molecular complexity index is 1470. The highest BCUT2D eigenvalue weighted by Gasteiger charge is 2.21. The highest BCUT2D eigenvalue weighted by atomic mass is 35.5. The van der Waals surface area contributed by atoms with Crippen molar-refractivity contribution in [2.75, 3.05) is 0 Å². The molecular formula is C25H18ClN3O6S. The Morgan fingerprint density at radius 1 is 1.08 bits per heavy atom. The maximum Gasteiger partial charge on any atom is 0.355 e. The van der Waals surface area contributed by atoms with E-state index in [2.05, 4.69) is 10.5 Å². The lowest BCUT2D eigenvalue weighted by Crippen LogP contribution is -2.33. The van der Waals surface area contributed by atoms with E-state index >= 15 is 0 Å². The van der Waals surface area contributed by atoms with Gasteiger partial charge in [-0.05, 0) is 48.9 Å². The summed E-state index contributed by atoms with van der Waals surface area (Å²) >= 11 is 7.60. The Hall–Kier alpha value is -4.28. The first-order valence-electron chi connectivity index (χ1n) is 10.6. The molecule has 1 atom stereocenters. The molecule has 3 aromatic carbocycles. The van der Waals surface area contributed by atoms with Crippen LogP contribution in [0.15, 0.2) is 77.9 Å². The van der Waals surface area contributed by atoms with Gasteiger partial charge in [0.2, 0.25) is 0 Å². The number of esters is 1. The summed E-state index contributed by atoms with van der Waals surface area (Å²) in [5, 5.41) is 16.1. The zero-order chi connectivity index (χ0) is 25.7. The predicted octanol–water partition coefficient (Wildman–Crippen LogP) is 5.60. The second-order valence-corrected chi connectivity index (χ2v) is 8.85. The molecule has 0 fully saturated rings. The number of amides is 1. The molecule has 1 heterocycles. The number of carbonyl (C=O) groups excluding carboxylic acids is 2. The standard InChI is InChI=1S/C25H18ClN3O6S/c1-15(34-20-8-4-3-7-19(20)29(32)33)24(30)28-27-14-16-10-12-17(13-11-16)35-25(31)23-22(26)18-6-2-5-9-21(18)36-23/h2-15H,1H3,(H,28,30). The van der Waals surface area contributed by atoms with Gasteiger partial charge in [0, 0.05) is 16.2 Å². The fourth-order valence-electron chi connectivity index (χ4n) is 3.13. The number of nitro benzene ring substituents is 1. The molecule has 0 radical (unpaired) electrons. The molecule has 0 aliphatic heterocycles. The minimum atomic E-state index is -1.02. The van der Waals surface area contributed by atoms with Gasteiger partial charge in [-0.15, -0.1) is 11.3 Å². The van der Waals surface area contributed by atoms with Gasteiger partial charge in [0.05, 0.1) is 16.2 Å². The van der Waals surface area contributed by atoms with Crippen LogP contribution < -0.4 is 14.9 Å². The Balaban J connectivity index is 1.32. The maximum absolute atomic E-state index is 12.6. The van der Waals surface area contributed by atoms with Crippen molar-refractivity contribution < 1.29 is 24.0 Å². The lowest BCUT2D eigenvalue weighted by atomic mass is 10.2. The van der Waals surface area contributed by atoms with E-state index in [0.29, 0.717) is 21.2 Å². The summed E-state index contributed by atoms with van der Waals surface area (Å²) in [5.41, 5.74) is 2.71. The molecular weight excluding hydrogens is 506 g/mol. The number of hydrogen-bond donors (Lipinski definition) is 1. The van der Waals surface area contributed by atoms with Gasteiger partial charge in [0.25, 0.3) is 5.91 Å². The lowest BCUT2D eigenvalue weighted by molar-refractivity contribution is -0.386. The number of ether oxygens (including phenoxy) is 2. The first-order chi connectivity index (χ1) is 17.3. The number of hydrogen-bond acceptors (Lipinski definition) is 8. The number of benzene rings is 3. The summed E-state index contributed by atoms with van der Waals surface area (Å²) in [4.78, 5) is 35.6. The molecule has 0 saturated carbocycles. The van der Waals surface area contributed by atoms with Gasteiger partial charge in [0.1, 0.15) is 10.6 Å². The molecule has 0 saturated heterocycles. The largest absolute Gasteiger partial charge is 0.474 e. The van der Waals surface area contributed by atoms with E-state index in [1.54, 1.807) is 30.3 Å². The quantitative estimate of drug-likeness (QED) is 0.105. The first-order valence-corrected chi connectivity index (χ1v) is 11.7. The van der Waals surface area contributed by atoms with Gasteiger partial charge < -0.3 is 9.47 Å². The van der Waals surface area contributed by atoms with Crippen LogP contribution in [-0.2, 0) is 4.79 Å². The zero-order valence-corrected chi connectivity index (χ0v) is 20.3. The smallest absolute Gasteiger partial charge is 0.355 e. The number of hydrazone groups is 1. The fourth-order valence-corrected chi connectivity index (χ4v) is 4.52. The van der Waals surface area contributed by atoms with Gasteiger partial charge >= 0.3 is 11.7 Å². The van der Waals surface area contributed by atoms with Gasteiger partial charge in [-0.2, -0.15) is 5.10 Å². The van der Waals surface area contributed by atoms with Crippen LogP contribution in [-0.4, -0.2) is 29.1 Å². The van der Waals surface area contributed by atoms with Crippen molar-refractivity contribution >= 4 is 56.8 Å². The molecule has 0 aliphatic carbocycles. The summed E-state index contributed by atoms with van der Waals surface area (Å²) in [6.45, 7) is 1.45. The van der Waals surface area contributed by atoms with E-state index in [9.17, 15) is 19.7 Å². The van der Waals surface area contributed by atoms with E-state index < -0.39 is 22.9 Å². The lowest BCUT2D eigenvalue weighted by Gasteiger charge is -2.12. The Morgan fingerprint density at radius 2 is 1.78 bits per heavy atom. The average Bonchev–Trinajstić information content (AvgIpc) is 3.22. The monoisotopic (exact) mass is 523 g/mol. The number of thiophene rings is 1. The molecule has 1 N–H and O–H groups in total. The first kappa shape index (κ1) is 24.8. The summed E-state index contributed by atoms with van der Waals surface area (Å²) in [5.74, 6) is -0.838. The zero-order valence-electron chi connectivity index (χ0n) is 18.7. The van der Waals surface area contributed by atoms with Crippen molar-refractivity contribution in [1.29, 1.82) is 0 Å². The van der Waals surface area contributed by atoms with Crippen LogP contribution in [0.3, 0.4) is 0 Å². The number of nitrogens with one attached hydrogen (secondary N) is 1. The van der Waals surface area contributed by atoms with E-state index in [4.69, 9.17) is 21.1 Å². The minimum absolute atomic E-state index is 0.0174. The number of nitro groups is 1. The highest BCUT2D eigenvalue weighted by molar-refractivity contribution is 7.21. The van der Waals surface area contributed by atoms with Crippen LogP contribution in [0.5, 0.6) is 11.5 Å². The van der Waals surface area contributed by atoms with Crippen molar-refractivity contribution in [2.24, 2.45) is 5.10 Å². The van der Waals surface area contributed by atoms with Gasteiger partial charge in [-0.1, -0.05) is 41.9 Å². The van der Waals surface area contributed by atoms with Crippen LogP contribution in [0.25, 0.3) is 10.1 Å². The normalized spacial score (nSPS) is 11.8. The molecule has 4 aromatic rings. The van der Waals surface area contributed by atoms with E-state index in [-0.39, 0.29) is 11.4 Å². The van der Waals surface area contributed by atoms with Crippen LogP contribution in [0.1, 0.15) is 22.2 Å². The number of halogens is 1. The fraction of sp³-hybridized carbons (Fsp3) is 0.0800. The van der Waals surface area contributed by atoms with Crippen molar-refractivity contribution in [2.45, 2.75) is 13.0 Å². The van der Waals surface area contributed by atoms with Gasteiger partial charge in [-0.3, -0.25) is 14.9 Å². The third-order valence-corrected chi connectivity index (χ3v) is 6.59. The predicted molar refractivity (Wildman–Crippen MR) is 137 cm³/mol. The summed E-state index contributed by atoms with van der Waals surface area (Å²) in [7, 11) is 0.